The molecule has 0 unspecified atom stereocenters. The SMILES string of the molecule is N#CCCN(CCc1ccccc1)C(=O)c1cccc(Br)c1. The molecule has 0 aliphatic rings. The summed E-state index contributed by atoms with van der Waals surface area (Å²) in [7, 11) is 0. The minimum atomic E-state index is -0.0347. The Balaban J connectivity index is 2.08. The minimum absolute atomic E-state index is 0.0347. The fourth-order valence-electron chi connectivity index (χ4n) is 2.21. The maximum Gasteiger partial charge on any atom is 0.253 e. The Hall–Kier alpha value is -2.12. The fraction of sp³-hybridized carbons (Fsp3) is 0.222. The largest absolute Gasteiger partial charge is 0.337 e. The van der Waals surface area contributed by atoms with E-state index in [1.54, 1.807) is 11.0 Å². The second kappa shape index (κ2) is 8.35. The van der Waals surface area contributed by atoms with E-state index in [1.165, 1.54) is 5.56 Å². The number of halogens is 1. The maximum absolute atomic E-state index is 12.6. The molecule has 22 heavy (non-hydrogen) atoms. The van der Waals surface area contributed by atoms with Crippen LogP contribution in [0.1, 0.15) is 22.3 Å². The third kappa shape index (κ3) is 4.71. The lowest BCUT2D eigenvalue weighted by Gasteiger charge is -2.22. The molecular formula is C18H17BrN2O. The molecule has 0 radical (unpaired) electrons. The van der Waals surface area contributed by atoms with Gasteiger partial charge in [0.05, 0.1) is 12.5 Å². The minimum Gasteiger partial charge on any atom is -0.337 e. The molecule has 0 aliphatic carbocycles. The monoisotopic (exact) mass is 356 g/mol. The molecule has 1 amide bonds. The number of amides is 1. The molecule has 0 atom stereocenters. The van der Waals surface area contributed by atoms with Gasteiger partial charge in [-0.25, -0.2) is 0 Å². The standard InChI is InChI=1S/C18H17BrN2O/c19-17-9-4-8-16(14-17)18(22)21(12-5-11-20)13-10-15-6-2-1-3-7-15/h1-4,6-9,14H,5,10,12-13H2. The van der Waals surface area contributed by atoms with Crippen LogP contribution >= 0.6 is 15.9 Å². The summed E-state index contributed by atoms with van der Waals surface area (Å²) in [6.07, 6.45) is 1.13. The fourth-order valence-corrected chi connectivity index (χ4v) is 2.61. The maximum atomic E-state index is 12.6. The smallest absolute Gasteiger partial charge is 0.253 e. The molecule has 0 fully saturated rings. The summed E-state index contributed by atoms with van der Waals surface area (Å²) in [6.45, 7) is 1.06. The molecule has 112 valence electrons. The summed E-state index contributed by atoms with van der Waals surface area (Å²) in [4.78, 5) is 14.4. The number of carbonyl (C=O) groups excluding carboxylic acids is 1. The van der Waals surface area contributed by atoms with E-state index in [4.69, 9.17) is 5.26 Å². The zero-order chi connectivity index (χ0) is 15.8. The molecular weight excluding hydrogens is 340 g/mol. The van der Waals surface area contributed by atoms with Crippen molar-refractivity contribution in [2.45, 2.75) is 12.8 Å². The van der Waals surface area contributed by atoms with Crippen LogP contribution in [0.5, 0.6) is 0 Å². The van der Waals surface area contributed by atoms with Crippen LogP contribution in [0.3, 0.4) is 0 Å². The molecule has 3 nitrogen and oxygen atoms in total. The van der Waals surface area contributed by atoms with Gasteiger partial charge in [0.2, 0.25) is 0 Å². The highest BCUT2D eigenvalue weighted by molar-refractivity contribution is 9.10. The third-order valence-electron chi connectivity index (χ3n) is 3.37. The van der Waals surface area contributed by atoms with Crippen LogP contribution in [0.15, 0.2) is 59.1 Å². The van der Waals surface area contributed by atoms with Gasteiger partial charge in [0, 0.05) is 23.1 Å². The van der Waals surface area contributed by atoms with Crippen LogP contribution in [0.2, 0.25) is 0 Å². The summed E-state index contributed by atoms with van der Waals surface area (Å²) < 4.78 is 0.877. The predicted octanol–water partition coefficient (Wildman–Crippen LogP) is 4.05. The van der Waals surface area contributed by atoms with Gasteiger partial charge in [0.15, 0.2) is 0 Å². The lowest BCUT2D eigenvalue weighted by Crippen LogP contribution is -2.33. The number of carbonyl (C=O) groups is 1. The zero-order valence-corrected chi connectivity index (χ0v) is 13.8. The van der Waals surface area contributed by atoms with E-state index in [9.17, 15) is 4.79 Å². The van der Waals surface area contributed by atoms with E-state index in [2.05, 4.69) is 22.0 Å². The lowest BCUT2D eigenvalue weighted by molar-refractivity contribution is 0.0761. The van der Waals surface area contributed by atoms with Gasteiger partial charge in [-0.1, -0.05) is 52.3 Å². The number of hydrogen-bond acceptors (Lipinski definition) is 2. The molecule has 0 N–H and O–H groups in total. The second-order valence-electron chi connectivity index (χ2n) is 4.95. The average molecular weight is 357 g/mol. The van der Waals surface area contributed by atoms with E-state index in [0.717, 1.165) is 10.9 Å². The van der Waals surface area contributed by atoms with Crippen molar-refractivity contribution in [1.29, 1.82) is 5.26 Å². The first-order valence-corrected chi connectivity index (χ1v) is 7.95. The van der Waals surface area contributed by atoms with Crippen LogP contribution in [-0.4, -0.2) is 23.9 Å². The number of nitrogens with zero attached hydrogens (tertiary/aromatic N) is 2. The molecule has 4 heteroatoms. The van der Waals surface area contributed by atoms with Gasteiger partial charge in [-0.05, 0) is 30.2 Å². The molecule has 0 aromatic heterocycles. The van der Waals surface area contributed by atoms with Crippen molar-refractivity contribution >= 4 is 21.8 Å². The van der Waals surface area contributed by atoms with Crippen LogP contribution in [0.4, 0.5) is 0 Å². The molecule has 0 saturated heterocycles. The van der Waals surface area contributed by atoms with Crippen LogP contribution in [-0.2, 0) is 6.42 Å². The normalized spacial score (nSPS) is 10.0. The van der Waals surface area contributed by atoms with Crippen LogP contribution < -0.4 is 0 Å². The van der Waals surface area contributed by atoms with Gasteiger partial charge in [-0.2, -0.15) is 5.26 Å². The van der Waals surface area contributed by atoms with Gasteiger partial charge in [0.1, 0.15) is 0 Å². The van der Waals surface area contributed by atoms with Crippen LogP contribution in [0.25, 0.3) is 0 Å². The van der Waals surface area contributed by atoms with Crippen molar-refractivity contribution in [1.82, 2.24) is 4.90 Å². The molecule has 0 saturated carbocycles. The Morgan fingerprint density at radius 2 is 1.86 bits per heavy atom. The molecule has 2 rings (SSSR count). The summed E-state index contributed by atoms with van der Waals surface area (Å²) in [5, 5.41) is 8.80. The molecule has 0 spiro atoms. The third-order valence-corrected chi connectivity index (χ3v) is 3.86. The van der Waals surface area contributed by atoms with Gasteiger partial charge in [0.25, 0.3) is 5.91 Å². The van der Waals surface area contributed by atoms with E-state index >= 15 is 0 Å². The summed E-state index contributed by atoms with van der Waals surface area (Å²) >= 11 is 3.38. The highest BCUT2D eigenvalue weighted by Gasteiger charge is 2.15. The van der Waals surface area contributed by atoms with E-state index < -0.39 is 0 Å². The van der Waals surface area contributed by atoms with Gasteiger partial charge < -0.3 is 4.90 Å². The molecule has 2 aromatic carbocycles. The first-order chi connectivity index (χ1) is 10.7. The van der Waals surface area contributed by atoms with Crippen molar-refractivity contribution in [3.63, 3.8) is 0 Å². The Kier molecular flexibility index (Phi) is 6.17. The average Bonchev–Trinajstić information content (AvgIpc) is 2.55. The number of nitriles is 1. The lowest BCUT2D eigenvalue weighted by atomic mass is 10.1. The van der Waals surface area contributed by atoms with Gasteiger partial charge >= 0.3 is 0 Å². The van der Waals surface area contributed by atoms with E-state index in [0.29, 0.717) is 25.1 Å². The molecule has 0 bridgehead atoms. The highest BCUT2D eigenvalue weighted by Crippen LogP contribution is 2.14. The summed E-state index contributed by atoms with van der Waals surface area (Å²) in [5.41, 5.74) is 1.83. The first kappa shape index (κ1) is 16.3. The van der Waals surface area contributed by atoms with E-state index in [1.807, 2.05) is 48.5 Å². The quantitative estimate of drug-likeness (QED) is 0.783. The molecule has 0 heterocycles. The second-order valence-corrected chi connectivity index (χ2v) is 5.86. The summed E-state index contributed by atoms with van der Waals surface area (Å²) in [6, 6.07) is 19.5. The van der Waals surface area contributed by atoms with Crippen LogP contribution in [0, 0.1) is 11.3 Å². The highest BCUT2D eigenvalue weighted by atomic mass is 79.9. The van der Waals surface area contributed by atoms with Crippen molar-refractivity contribution in [3.8, 4) is 6.07 Å². The Morgan fingerprint density at radius 1 is 1.09 bits per heavy atom. The van der Waals surface area contributed by atoms with Crippen molar-refractivity contribution in [2.24, 2.45) is 0 Å². The predicted molar refractivity (Wildman–Crippen MR) is 90.4 cm³/mol. The molecule has 0 aliphatic heterocycles. The molecule has 2 aromatic rings. The van der Waals surface area contributed by atoms with Crippen molar-refractivity contribution < 1.29 is 4.79 Å². The first-order valence-electron chi connectivity index (χ1n) is 7.16. The van der Waals surface area contributed by atoms with E-state index in [-0.39, 0.29) is 5.91 Å². The zero-order valence-electron chi connectivity index (χ0n) is 12.2. The Bertz CT molecular complexity index is 664. The topological polar surface area (TPSA) is 44.1 Å². The Labute approximate surface area is 139 Å². The summed E-state index contributed by atoms with van der Waals surface area (Å²) in [5.74, 6) is -0.0347. The van der Waals surface area contributed by atoms with Crippen molar-refractivity contribution in [3.05, 3.63) is 70.2 Å². The number of benzene rings is 2. The Morgan fingerprint density at radius 3 is 2.55 bits per heavy atom. The number of hydrogen-bond donors (Lipinski definition) is 0. The van der Waals surface area contributed by atoms with Gasteiger partial charge in [-0.3, -0.25) is 4.79 Å². The van der Waals surface area contributed by atoms with Gasteiger partial charge in [-0.15, -0.1) is 0 Å². The number of rotatable bonds is 6. The van der Waals surface area contributed by atoms with Crippen molar-refractivity contribution in [2.75, 3.05) is 13.1 Å².